The van der Waals surface area contributed by atoms with E-state index in [4.69, 9.17) is 11.5 Å². The Hall–Kier alpha value is -7.02. The van der Waals surface area contributed by atoms with Gasteiger partial charge >= 0.3 is 0 Å². The number of hydrogen-bond acceptors (Lipinski definition) is 10. The number of nitrogens with two attached hydrogens (primary N) is 2. The van der Waals surface area contributed by atoms with Gasteiger partial charge in [-0.2, -0.15) is 0 Å². The van der Waals surface area contributed by atoms with Crippen molar-refractivity contribution in [3.8, 4) is 0 Å². The fourth-order valence-electron chi connectivity index (χ4n) is 14.0. The van der Waals surface area contributed by atoms with Crippen LogP contribution in [0.4, 0.5) is 23.2 Å². The van der Waals surface area contributed by atoms with Crippen molar-refractivity contribution in [3.05, 3.63) is 161 Å². The smallest absolute Gasteiger partial charge is 0.253 e. The maximum Gasteiger partial charge on any atom is 0.253 e. The van der Waals surface area contributed by atoms with Crippen LogP contribution in [0.1, 0.15) is 142 Å². The zero-order valence-corrected chi connectivity index (χ0v) is 50.7. The number of rotatable bonds is 25. The summed E-state index contributed by atoms with van der Waals surface area (Å²) in [7, 11) is 0. The molecule has 4 aromatic carbocycles. The molecule has 88 heavy (non-hydrogen) atoms. The molecule has 480 valence electrons. The molecule has 6 N–H and O–H groups in total. The van der Waals surface area contributed by atoms with E-state index < -0.39 is 29.9 Å². The van der Waals surface area contributed by atoms with Crippen LogP contribution in [0, 0.1) is 57.8 Å². The molecule has 0 aromatic heterocycles. The Morgan fingerprint density at radius 2 is 1.02 bits per heavy atom. The van der Waals surface area contributed by atoms with Crippen LogP contribution in [0.15, 0.2) is 115 Å². The van der Waals surface area contributed by atoms with Crippen LogP contribution in [-0.2, 0) is 41.6 Å². The predicted molar refractivity (Wildman–Crippen MR) is 338 cm³/mol. The number of aliphatic hydroxyl groups is 1. The van der Waals surface area contributed by atoms with Gasteiger partial charge in [0.2, 0.25) is 11.8 Å². The van der Waals surface area contributed by atoms with Crippen molar-refractivity contribution in [1.82, 2.24) is 19.6 Å². The number of aliphatic hydroxyl groups excluding tert-OH is 1. The average Bonchev–Trinajstić information content (AvgIpc) is 3.19. The molecule has 18 heteroatoms. The van der Waals surface area contributed by atoms with Crippen LogP contribution in [0.5, 0.6) is 0 Å². The van der Waals surface area contributed by atoms with Crippen molar-refractivity contribution in [2.24, 2.45) is 46.0 Å². The highest BCUT2D eigenvalue weighted by molar-refractivity contribution is 6.13. The van der Waals surface area contributed by atoms with Crippen LogP contribution in [0.3, 0.4) is 0 Å². The van der Waals surface area contributed by atoms with Gasteiger partial charge in [-0.1, -0.05) is 98.9 Å². The molecule has 6 unspecified atom stereocenters. The zero-order chi connectivity index (χ0) is 62.5. The van der Waals surface area contributed by atoms with E-state index in [-0.39, 0.29) is 128 Å². The first-order valence-corrected chi connectivity index (χ1v) is 30.4. The van der Waals surface area contributed by atoms with Crippen LogP contribution >= 0.6 is 0 Å². The summed E-state index contributed by atoms with van der Waals surface area (Å²) in [6, 6.07) is 24.9. The van der Waals surface area contributed by atoms with Gasteiger partial charge < -0.3 is 31.7 Å². The number of imide groups is 2. The summed E-state index contributed by atoms with van der Waals surface area (Å²) in [5, 5.41) is 13.2. The minimum atomic E-state index is -0.616. The molecule has 6 amide bonds. The molecule has 0 bridgehead atoms. The lowest BCUT2D eigenvalue weighted by atomic mass is 9.72. The summed E-state index contributed by atoms with van der Waals surface area (Å²) in [4.78, 5) is 80.8. The summed E-state index contributed by atoms with van der Waals surface area (Å²) < 4.78 is 58.6. The number of hydrogen-bond donors (Lipinski definition) is 4. The van der Waals surface area contributed by atoms with Crippen LogP contribution in [0.2, 0.25) is 0 Å². The van der Waals surface area contributed by atoms with E-state index in [0.717, 1.165) is 34.7 Å². The van der Waals surface area contributed by atoms with E-state index in [1.54, 1.807) is 4.90 Å². The number of nitrogens with zero attached hydrogens (tertiary/aromatic N) is 4. The molecule has 0 spiro atoms. The largest absolute Gasteiger partial charge is 0.387 e. The first-order chi connectivity index (χ1) is 40.9. The molecule has 2 aliphatic carbocycles. The number of amides is 6. The third-order valence-corrected chi connectivity index (χ3v) is 17.5. The van der Waals surface area contributed by atoms with Crippen molar-refractivity contribution in [2.45, 2.75) is 145 Å². The van der Waals surface area contributed by atoms with Crippen LogP contribution in [-0.4, -0.2) is 125 Å². The van der Waals surface area contributed by atoms with Crippen molar-refractivity contribution < 1.29 is 51.4 Å². The Labute approximate surface area is 519 Å². The molecule has 4 aromatic rings. The second-order valence-electron chi connectivity index (χ2n) is 25.7. The summed E-state index contributed by atoms with van der Waals surface area (Å²) >= 11 is 0. The number of anilines is 1. The molecule has 2 aliphatic heterocycles. The Kier molecular flexibility index (Phi) is 26.5. The standard InChI is InChI=1S/C34H44F2N4O4.C34H43F2N3O3.2CH4/c1-34(2,3)33(40(14-5-12-37)32(44)21-41)28-19-24(27-20-25(35)8-9-29(27)36)18-23(28)16-22-6-4-7-26(17-22)38-13-15-39-30(42)10-11-31(39)43;1-34(2,3)33(39(18-8-16-37)30(40)11-7-17-38-31(41)14-15-32(38)42)28-21-25(27-22-26(35)12-13-29(27)36)20-24(28)19-23-9-5-4-6-10-23;;/h4,6-11,17,20,23-24,28,33,38,41H,5,12-16,18-19,21,37H2,1-3H3;4-6,9-10,12-15,22,24-25,28,33H,7-8,11,16-21,37H2,1-3H3;2*1H4/t23?,24?,28?,33-;24?,25?,28?,33-;;/m00../s1. The maximum absolute atomic E-state index is 15.0. The van der Waals surface area contributed by atoms with Gasteiger partial charge in [0, 0.05) is 81.2 Å². The number of carbonyl (C=O) groups excluding carboxylic acids is 6. The SMILES string of the molecule is C.C.CC(C)(C)[C@H](C1CC(c2cc(F)ccc2F)CC1Cc1cccc(NCCN2C(=O)C=CC2=O)c1)N(CCCN)C(=O)CO.CC(C)(C)[C@H](C1CC(c2cc(F)ccc2F)CC1Cc1ccccc1)N(CCCN)C(=O)CCCN1C(=O)C=CC1=O. The van der Waals surface area contributed by atoms with Crippen molar-refractivity contribution in [3.63, 3.8) is 0 Å². The number of nitrogens with one attached hydrogen (secondary N) is 1. The fourth-order valence-corrected chi connectivity index (χ4v) is 14.0. The lowest BCUT2D eigenvalue weighted by Gasteiger charge is -2.46. The van der Waals surface area contributed by atoms with Gasteiger partial charge in [0.1, 0.15) is 29.9 Å². The molecule has 8 rings (SSSR count). The van der Waals surface area contributed by atoms with Crippen molar-refractivity contribution in [2.75, 3.05) is 57.7 Å². The minimum absolute atomic E-state index is 0. The molecule has 2 saturated carbocycles. The molecule has 0 radical (unpaired) electrons. The van der Waals surface area contributed by atoms with Gasteiger partial charge in [-0.05, 0) is 188 Å². The van der Waals surface area contributed by atoms with E-state index in [9.17, 15) is 42.7 Å². The zero-order valence-electron chi connectivity index (χ0n) is 50.7. The Morgan fingerprint density at radius 1 is 0.580 bits per heavy atom. The molecular formula is C70H95F4N7O7. The second kappa shape index (κ2) is 32.5. The second-order valence-corrected chi connectivity index (χ2v) is 25.7. The molecule has 14 nitrogen and oxygen atoms in total. The first kappa shape index (κ1) is 71.7. The highest BCUT2D eigenvalue weighted by atomic mass is 19.1. The molecule has 2 fully saturated rings. The Balaban J connectivity index is 0.000000314. The predicted octanol–water partition coefficient (Wildman–Crippen LogP) is 11.1. The number of carbonyl (C=O) groups is 6. The topological polar surface area (TPSA) is 200 Å². The van der Waals surface area contributed by atoms with Crippen molar-refractivity contribution in [1.29, 1.82) is 0 Å². The van der Waals surface area contributed by atoms with Gasteiger partial charge in [0.15, 0.2) is 0 Å². The van der Waals surface area contributed by atoms with E-state index in [1.807, 2.05) is 47.4 Å². The first-order valence-electron chi connectivity index (χ1n) is 30.4. The van der Waals surface area contributed by atoms with Crippen molar-refractivity contribution >= 4 is 41.1 Å². The summed E-state index contributed by atoms with van der Waals surface area (Å²) in [5.41, 5.74) is 14.8. The van der Waals surface area contributed by atoms with Crippen LogP contribution < -0.4 is 16.8 Å². The molecule has 2 heterocycles. The summed E-state index contributed by atoms with van der Waals surface area (Å²) in [6.45, 7) is 14.5. The average molecular weight is 1220 g/mol. The van der Waals surface area contributed by atoms with Crippen LogP contribution in [0.25, 0.3) is 0 Å². The van der Waals surface area contributed by atoms with E-state index >= 15 is 8.78 Å². The lowest BCUT2D eigenvalue weighted by molar-refractivity contribution is -0.141. The highest BCUT2D eigenvalue weighted by Crippen LogP contribution is 2.52. The number of benzene rings is 4. The molecule has 8 atom stereocenters. The highest BCUT2D eigenvalue weighted by Gasteiger charge is 2.49. The van der Waals surface area contributed by atoms with Gasteiger partial charge in [0.05, 0.1) is 0 Å². The van der Waals surface area contributed by atoms with E-state index in [1.165, 1.54) is 59.0 Å². The molecular weight excluding hydrogens is 1130 g/mol. The summed E-state index contributed by atoms with van der Waals surface area (Å²) in [5.74, 6) is -3.82. The molecule has 0 saturated heterocycles. The monoisotopic (exact) mass is 1220 g/mol. The maximum atomic E-state index is 15.0. The van der Waals surface area contributed by atoms with Gasteiger partial charge in [-0.3, -0.25) is 38.6 Å². The summed E-state index contributed by atoms with van der Waals surface area (Å²) in [6.07, 6.45) is 10.7. The van der Waals surface area contributed by atoms with E-state index in [0.29, 0.717) is 95.2 Å². The fraction of sp³-hybridized carbons (Fsp3) is 0.514. The number of halogens is 4. The third-order valence-electron chi connectivity index (χ3n) is 17.5. The Bertz CT molecular complexity index is 3040. The Morgan fingerprint density at radius 3 is 1.48 bits per heavy atom. The quantitative estimate of drug-likeness (QED) is 0.0366. The van der Waals surface area contributed by atoms with E-state index in [2.05, 4.69) is 59.0 Å². The van der Waals surface area contributed by atoms with Gasteiger partial charge in [-0.15, -0.1) is 0 Å². The van der Waals surface area contributed by atoms with Gasteiger partial charge in [-0.25, -0.2) is 17.6 Å². The molecule has 4 aliphatic rings. The normalized spacial score (nSPS) is 20.6. The minimum Gasteiger partial charge on any atom is -0.387 e. The lowest BCUT2D eigenvalue weighted by Crippen LogP contribution is -2.54. The third kappa shape index (κ3) is 18.5. The van der Waals surface area contributed by atoms with Gasteiger partial charge in [0.25, 0.3) is 23.6 Å².